The third-order valence-corrected chi connectivity index (χ3v) is 4.84. The van der Waals surface area contributed by atoms with Gasteiger partial charge < -0.3 is 10.2 Å². The number of rotatable bonds is 5. The van der Waals surface area contributed by atoms with Crippen LogP contribution in [-0.4, -0.2) is 29.8 Å². The van der Waals surface area contributed by atoms with Gasteiger partial charge >= 0.3 is 0 Å². The van der Waals surface area contributed by atoms with E-state index < -0.39 is 0 Å². The molecule has 0 aromatic heterocycles. The summed E-state index contributed by atoms with van der Waals surface area (Å²) in [7, 11) is 0. The lowest BCUT2D eigenvalue weighted by molar-refractivity contribution is -0.139. The van der Waals surface area contributed by atoms with Crippen molar-refractivity contribution in [3.05, 3.63) is 28.2 Å². The number of nitrogens with one attached hydrogen (secondary N) is 1. The molecule has 1 aliphatic rings. The highest BCUT2D eigenvalue weighted by Crippen LogP contribution is 2.30. The molecule has 1 aromatic carbocycles. The Labute approximate surface area is 147 Å². The molecule has 0 spiro atoms. The van der Waals surface area contributed by atoms with Crippen molar-refractivity contribution in [1.82, 2.24) is 4.90 Å². The smallest absolute Gasteiger partial charge is 0.244 e. The number of likely N-dealkylation sites (N-methyl/N-ethyl adjacent to an activating group) is 1. The second kappa shape index (κ2) is 8.55. The van der Waals surface area contributed by atoms with Crippen LogP contribution in [0.4, 0.5) is 5.69 Å². The highest BCUT2D eigenvalue weighted by molar-refractivity contribution is 6.39. The summed E-state index contributed by atoms with van der Waals surface area (Å²) >= 11 is 12.1. The van der Waals surface area contributed by atoms with E-state index in [1.807, 2.05) is 6.92 Å². The zero-order chi connectivity index (χ0) is 16.8. The van der Waals surface area contributed by atoms with E-state index in [1.54, 1.807) is 23.1 Å². The molecular weight excluding hydrogens is 335 g/mol. The van der Waals surface area contributed by atoms with Crippen LogP contribution in [0.15, 0.2) is 18.2 Å². The van der Waals surface area contributed by atoms with Crippen molar-refractivity contribution in [2.45, 2.75) is 39.0 Å². The van der Waals surface area contributed by atoms with Crippen LogP contribution in [-0.2, 0) is 9.59 Å². The fourth-order valence-corrected chi connectivity index (χ4v) is 3.41. The second-order valence-electron chi connectivity index (χ2n) is 5.83. The fourth-order valence-electron chi connectivity index (χ4n) is 2.92. The summed E-state index contributed by atoms with van der Waals surface area (Å²) in [6.07, 6.45) is 5.23. The lowest BCUT2D eigenvalue weighted by atomic mass is 9.88. The summed E-state index contributed by atoms with van der Waals surface area (Å²) in [6.45, 7) is 2.42. The predicted molar refractivity (Wildman–Crippen MR) is 93.9 cm³/mol. The van der Waals surface area contributed by atoms with Gasteiger partial charge in [-0.3, -0.25) is 9.59 Å². The van der Waals surface area contributed by atoms with Crippen molar-refractivity contribution in [3.8, 4) is 0 Å². The van der Waals surface area contributed by atoms with E-state index >= 15 is 0 Å². The quantitative estimate of drug-likeness (QED) is 0.851. The Balaban J connectivity index is 1.98. The number of nitrogens with zero attached hydrogens (tertiary/aromatic N) is 1. The van der Waals surface area contributed by atoms with Gasteiger partial charge in [0.05, 0.1) is 22.3 Å². The summed E-state index contributed by atoms with van der Waals surface area (Å²) in [6, 6.07) is 5.03. The molecule has 1 aliphatic carbocycles. The van der Waals surface area contributed by atoms with Gasteiger partial charge in [-0.25, -0.2) is 0 Å². The average Bonchev–Trinajstić information content (AvgIpc) is 2.56. The first-order chi connectivity index (χ1) is 11.0. The molecule has 1 fully saturated rings. The van der Waals surface area contributed by atoms with E-state index in [0.29, 0.717) is 22.3 Å². The number of amides is 2. The first-order valence-corrected chi connectivity index (χ1v) is 8.81. The van der Waals surface area contributed by atoms with Crippen molar-refractivity contribution < 1.29 is 9.59 Å². The normalized spacial score (nSPS) is 15.3. The van der Waals surface area contributed by atoms with Crippen molar-refractivity contribution in [2.24, 2.45) is 5.92 Å². The molecular formula is C17H22Cl2N2O2. The van der Waals surface area contributed by atoms with Crippen LogP contribution in [0.1, 0.15) is 39.0 Å². The van der Waals surface area contributed by atoms with Gasteiger partial charge in [0.2, 0.25) is 11.8 Å². The van der Waals surface area contributed by atoms with Gasteiger partial charge in [-0.15, -0.1) is 0 Å². The zero-order valence-electron chi connectivity index (χ0n) is 13.3. The van der Waals surface area contributed by atoms with E-state index in [4.69, 9.17) is 23.2 Å². The molecule has 0 bridgehead atoms. The molecule has 23 heavy (non-hydrogen) atoms. The Morgan fingerprint density at radius 1 is 1.17 bits per heavy atom. The number of halogens is 2. The molecule has 0 radical (unpaired) electrons. The molecule has 1 aromatic rings. The van der Waals surface area contributed by atoms with Crippen molar-refractivity contribution >= 4 is 40.7 Å². The SMILES string of the molecule is CCN(CC(=O)Nc1c(Cl)cccc1Cl)C(=O)C1CCCCC1. The number of hydrogen-bond donors (Lipinski definition) is 1. The van der Waals surface area contributed by atoms with Gasteiger partial charge in [-0.2, -0.15) is 0 Å². The molecule has 0 aliphatic heterocycles. The number of hydrogen-bond acceptors (Lipinski definition) is 2. The van der Waals surface area contributed by atoms with Gasteiger partial charge in [0, 0.05) is 12.5 Å². The van der Waals surface area contributed by atoms with Gasteiger partial charge in [-0.1, -0.05) is 48.5 Å². The highest BCUT2D eigenvalue weighted by Gasteiger charge is 2.26. The first kappa shape index (κ1) is 18.1. The van der Waals surface area contributed by atoms with E-state index in [-0.39, 0.29) is 24.3 Å². The zero-order valence-corrected chi connectivity index (χ0v) is 14.8. The summed E-state index contributed by atoms with van der Waals surface area (Å²) < 4.78 is 0. The molecule has 126 valence electrons. The topological polar surface area (TPSA) is 49.4 Å². The molecule has 0 unspecified atom stereocenters. The van der Waals surface area contributed by atoms with Crippen molar-refractivity contribution in [2.75, 3.05) is 18.4 Å². The highest BCUT2D eigenvalue weighted by atomic mass is 35.5. The average molecular weight is 357 g/mol. The van der Waals surface area contributed by atoms with Crippen LogP contribution in [0, 0.1) is 5.92 Å². The van der Waals surface area contributed by atoms with Gasteiger partial charge in [-0.05, 0) is 31.9 Å². The largest absolute Gasteiger partial charge is 0.333 e. The van der Waals surface area contributed by atoms with Gasteiger partial charge in [0.15, 0.2) is 0 Å². The first-order valence-electron chi connectivity index (χ1n) is 8.05. The van der Waals surface area contributed by atoms with Crippen molar-refractivity contribution in [3.63, 3.8) is 0 Å². The Morgan fingerprint density at radius 3 is 2.35 bits per heavy atom. The minimum Gasteiger partial charge on any atom is -0.333 e. The number of carbonyl (C=O) groups excluding carboxylic acids is 2. The summed E-state index contributed by atoms with van der Waals surface area (Å²) in [5, 5.41) is 3.47. The molecule has 6 heteroatoms. The lowest BCUT2D eigenvalue weighted by Crippen LogP contribution is -2.41. The van der Waals surface area contributed by atoms with E-state index in [0.717, 1.165) is 25.7 Å². The number of para-hydroxylation sites is 1. The summed E-state index contributed by atoms with van der Waals surface area (Å²) in [5.74, 6) is -0.154. The monoisotopic (exact) mass is 356 g/mol. The summed E-state index contributed by atoms with van der Waals surface area (Å²) in [4.78, 5) is 26.4. The maximum atomic E-state index is 12.5. The molecule has 1 N–H and O–H groups in total. The Morgan fingerprint density at radius 2 is 1.78 bits per heavy atom. The maximum absolute atomic E-state index is 12.5. The van der Waals surface area contributed by atoms with Gasteiger partial charge in [0.25, 0.3) is 0 Å². The van der Waals surface area contributed by atoms with Crippen molar-refractivity contribution in [1.29, 1.82) is 0 Å². The van der Waals surface area contributed by atoms with Crippen LogP contribution in [0.25, 0.3) is 0 Å². The molecule has 2 amide bonds. The Kier molecular flexibility index (Phi) is 6.72. The third kappa shape index (κ3) is 4.85. The maximum Gasteiger partial charge on any atom is 0.244 e. The Bertz CT molecular complexity index is 551. The molecule has 0 saturated heterocycles. The number of anilines is 1. The van der Waals surface area contributed by atoms with Gasteiger partial charge in [0.1, 0.15) is 0 Å². The lowest BCUT2D eigenvalue weighted by Gasteiger charge is -2.28. The number of carbonyl (C=O) groups is 2. The van der Waals surface area contributed by atoms with Crippen LogP contribution in [0.2, 0.25) is 10.0 Å². The van der Waals surface area contributed by atoms with E-state index in [2.05, 4.69) is 5.32 Å². The Hall–Kier alpha value is -1.26. The number of benzene rings is 1. The van der Waals surface area contributed by atoms with Crippen LogP contribution in [0.5, 0.6) is 0 Å². The third-order valence-electron chi connectivity index (χ3n) is 4.21. The van der Waals surface area contributed by atoms with Crippen LogP contribution < -0.4 is 5.32 Å². The second-order valence-corrected chi connectivity index (χ2v) is 6.65. The molecule has 0 atom stereocenters. The molecule has 2 rings (SSSR count). The van der Waals surface area contributed by atoms with Crippen LogP contribution >= 0.6 is 23.2 Å². The van der Waals surface area contributed by atoms with E-state index in [9.17, 15) is 9.59 Å². The van der Waals surface area contributed by atoms with Crippen LogP contribution in [0.3, 0.4) is 0 Å². The standard InChI is InChI=1S/C17H22Cl2N2O2/c1-2-21(17(23)12-7-4-3-5-8-12)11-15(22)20-16-13(18)9-6-10-14(16)19/h6,9-10,12H,2-5,7-8,11H2,1H3,(H,20,22). The predicted octanol–water partition coefficient (Wildman–Crippen LogP) is 4.36. The fraction of sp³-hybridized carbons (Fsp3) is 0.529. The molecule has 1 saturated carbocycles. The molecule has 0 heterocycles. The van der Waals surface area contributed by atoms with E-state index in [1.165, 1.54) is 6.42 Å². The molecule has 4 nitrogen and oxygen atoms in total. The minimum atomic E-state index is -0.286. The minimum absolute atomic E-state index is 0.0212. The summed E-state index contributed by atoms with van der Waals surface area (Å²) in [5.41, 5.74) is 0.391.